The molecule has 18 heavy (non-hydrogen) atoms. The minimum Gasteiger partial charge on any atom is -0.267 e. The van der Waals surface area contributed by atoms with Crippen LogP contribution in [0.1, 0.15) is 30.1 Å². The molecule has 1 aliphatic rings. The highest BCUT2D eigenvalue weighted by Crippen LogP contribution is 2.20. The van der Waals surface area contributed by atoms with Crippen molar-refractivity contribution in [1.29, 1.82) is 0 Å². The lowest BCUT2D eigenvalue weighted by Crippen LogP contribution is -2.05. The van der Waals surface area contributed by atoms with Gasteiger partial charge < -0.3 is 0 Å². The molecule has 0 saturated carbocycles. The fourth-order valence-corrected chi connectivity index (χ4v) is 2.41. The highest BCUT2D eigenvalue weighted by molar-refractivity contribution is 8.26. The third-order valence-electron chi connectivity index (χ3n) is 2.22. The Kier molecular flexibility index (Phi) is 4.38. The van der Waals surface area contributed by atoms with E-state index in [0.717, 1.165) is 17.9 Å². The topological polar surface area (TPSA) is 55.9 Å². The molecule has 0 N–H and O–H groups in total. The van der Waals surface area contributed by atoms with Crippen LogP contribution in [-0.2, 0) is 0 Å². The minimum atomic E-state index is -0.389. The van der Waals surface area contributed by atoms with Crippen LogP contribution in [0.3, 0.4) is 0 Å². The Morgan fingerprint density at radius 3 is 2.94 bits per heavy atom. The van der Waals surface area contributed by atoms with E-state index in [9.17, 15) is 4.79 Å². The molecule has 93 valence electrons. The van der Waals surface area contributed by atoms with E-state index in [2.05, 4.69) is 22.4 Å². The van der Waals surface area contributed by atoms with Crippen molar-refractivity contribution in [2.24, 2.45) is 10.1 Å². The second kappa shape index (κ2) is 6.02. The SMILES string of the molecule is CCCC1=N[N]C(=NC(=O)c2ccccc2Cl)S1. The Hall–Kier alpha value is -1.33. The van der Waals surface area contributed by atoms with E-state index in [0.29, 0.717) is 15.8 Å². The molecule has 0 spiro atoms. The van der Waals surface area contributed by atoms with Gasteiger partial charge in [-0.3, -0.25) is 4.79 Å². The van der Waals surface area contributed by atoms with Gasteiger partial charge in [0.1, 0.15) is 5.04 Å². The lowest BCUT2D eigenvalue weighted by atomic mass is 10.2. The zero-order chi connectivity index (χ0) is 13.0. The van der Waals surface area contributed by atoms with Crippen molar-refractivity contribution in [3.8, 4) is 0 Å². The third-order valence-corrected chi connectivity index (χ3v) is 3.43. The number of benzene rings is 1. The lowest BCUT2D eigenvalue weighted by molar-refractivity contribution is 0.100. The molecule has 0 bridgehead atoms. The number of nitrogens with zero attached hydrogens (tertiary/aromatic N) is 3. The molecule has 1 radical (unpaired) electrons. The van der Waals surface area contributed by atoms with Gasteiger partial charge in [-0.1, -0.05) is 30.7 Å². The van der Waals surface area contributed by atoms with E-state index >= 15 is 0 Å². The first kappa shape index (κ1) is 13.1. The minimum absolute atomic E-state index is 0.378. The fourth-order valence-electron chi connectivity index (χ4n) is 1.39. The van der Waals surface area contributed by atoms with Gasteiger partial charge in [-0.15, -0.1) is 10.5 Å². The van der Waals surface area contributed by atoms with Gasteiger partial charge in [0, 0.05) is 0 Å². The van der Waals surface area contributed by atoms with Crippen molar-refractivity contribution in [2.75, 3.05) is 0 Å². The number of aliphatic imine (C=N–C) groups is 1. The number of carbonyl (C=O) groups excluding carboxylic acids is 1. The largest absolute Gasteiger partial charge is 0.281 e. The lowest BCUT2D eigenvalue weighted by Gasteiger charge is -1.98. The summed E-state index contributed by atoms with van der Waals surface area (Å²) in [5, 5.41) is 5.63. The predicted octanol–water partition coefficient (Wildman–Crippen LogP) is 3.30. The molecule has 0 saturated heterocycles. The summed E-state index contributed by atoms with van der Waals surface area (Å²) >= 11 is 7.26. The zero-order valence-electron chi connectivity index (χ0n) is 9.76. The summed E-state index contributed by atoms with van der Waals surface area (Å²) in [5.41, 5.74) is 4.25. The molecule has 0 unspecified atom stereocenters. The van der Waals surface area contributed by atoms with Crippen molar-refractivity contribution in [3.05, 3.63) is 34.9 Å². The van der Waals surface area contributed by atoms with E-state index in [4.69, 9.17) is 11.6 Å². The molecule has 0 fully saturated rings. The Balaban J connectivity index is 2.07. The van der Waals surface area contributed by atoms with Crippen LogP contribution in [-0.4, -0.2) is 16.1 Å². The van der Waals surface area contributed by atoms with E-state index in [1.807, 2.05) is 0 Å². The Labute approximate surface area is 115 Å². The van der Waals surface area contributed by atoms with Crippen LogP contribution in [0.5, 0.6) is 0 Å². The monoisotopic (exact) mass is 280 g/mol. The molecule has 4 nitrogen and oxygen atoms in total. The first-order valence-corrected chi connectivity index (χ1v) is 6.73. The standard InChI is InChI=1S/C12H11ClN3OS/c1-2-5-10-15-16-12(18-10)14-11(17)8-6-3-4-7-9(8)13/h3-4,6-7H,2,5H2,1H3. The van der Waals surface area contributed by atoms with Crippen molar-refractivity contribution in [1.82, 2.24) is 5.43 Å². The second-order valence-electron chi connectivity index (χ2n) is 3.63. The number of rotatable bonds is 3. The van der Waals surface area contributed by atoms with Gasteiger partial charge in [0.05, 0.1) is 10.6 Å². The predicted molar refractivity (Wildman–Crippen MR) is 75.3 cm³/mol. The maximum Gasteiger partial charge on any atom is 0.281 e. The molecule has 1 aliphatic heterocycles. The molecule has 6 heteroatoms. The molecule has 1 aromatic carbocycles. The highest BCUT2D eigenvalue weighted by atomic mass is 35.5. The van der Waals surface area contributed by atoms with Crippen LogP contribution >= 0.6 is 23.4 Å². The summed E-state index contributed by atoms with van der Waals surface area (Å²) in [6.07, 6.45) is 1.85. The summed E-state index contributed by atoms with van der Waals surface area (Å²) < 4.78 is 0. The maximum absolute atomic E-state index is 11.9. The van der Waals surface area contributed by atoms with Gasteiger partial charge in [0.2, 0.25) is 5.17 Å². The molecule has 0 aliphatic carbocycles. The first-order chi connectivity index (χ1) is 8.70. The molecule has 0 aromatic heterocycles. The van der Waals surface area contributed by atoms with Crippen LogP contribution < -0.4 is 5.43 Å². The number of carbonyl (C=O) groups is 1. The van der Waals surface area contributed by atoms with Crippen LogP contribution in [0.2, 0.25) is 5.02 Å². The number of halogens is 1. The Morgan fingerprint density at radius 1 is 1.44 bits per heavy atom. The molecule has 2 rings (SSSR count). The molecule has 1 amide bonds. The summed E-state index contributed by atoms with van der Waals surface area (Å²) in [5.74, 6) is -0.389. The summed E-state index contributed by atoms with van der Waals surface area (Å²) in [6.45, 7) is 2.06. The number of amides is 1. The summed E-state index contributed by atoms with van der Waals surface area (Å²) in [6, 6.07) is 6.82. The van der Waals surface area contributed by atoms with Gasteiger partial charge >= 0.3 is 0 Å². The molecule has 0 atom stereocenters. The quantitative estimate of drug-likeness (QED) is 0.853. The zero-order valence-corrected chi connectivity index (χ0v) is 11.3. The fraction of sp³-hybridized carbons (Fsp3) is 0.250. The number of hydrogen-bond donors (Lipinski definition) is 0. The normalized spacial score (nSPS) is 16.6. The number of hydrogen-bond acceptors (Lipinski definition) is 3. The second-order valence-corrected chi connectivity index (χ2v) is 5.07. The Morgan fingerprint density at radius 2 is 2.22 bits per heavy atom. The molecule has 1 heterocycles. The highest BCUT2D eigenvalue weighted by Gasteiger charge is 2.18. The maximum atomic E-state index is 11.9. The van der Waals surface area contributed by atoms with Crippen LogP contribution in [0.4, 0.5) is 0 Å². The summed E-state index contributed by atoms with van der Waals surface area (Å²) in [7, 11) is 0. The van der Waals surface area contributed by atoms with E-state index in [-0.39, 0.29) is 5.91 Å². The first-order valence-electron chi connectivity index (χ1n) is 5.53. The van der Waals surface area contributed by atoms with Gasteiger partial charge in [-0.05, 0) is 36.7 Å². The molecular formula is C12H11ClN3OS. The van der Waals surface area contributed by atoms with Crippen molar-refractivity contribution >= 4 is 39.5 Å². The van der Waals surface area contributed by atoms with Gasteiger partial charge in [0.15, 0.2) is 0 Å². The average Bonchev–Trinajstić information content (AvgIpc) is 2.77. The molecular weight excluding hydrogens is 270 g/mol. The number of amidine groups is 1. The molecule has 1 aromatic rings. The van der Waals surface area contributed by atoms with Gasteiger partial charge in [-0.25, -0.2) is 0 Å². The van der Waals surface area contributed by atoms with Crippen LogP contribution in [0, 0.1) is 0 Å². The smallest absolute Gasteiger partial charge is 0.267 e. The van der Waals surface area contributed by atoms with Gasteiger partial charge in [-0.2, -0.15) is 4.99 Å². The van der Waals surface area contributed by atoms with Crippen LogP contribution in [0.15, 0.2) is 34.4 Å². The number of thioether (sulfide) groups is 1. The van der Waals surface area contributed by atoms with E-state index in [1.165, 1.54) is 11.8 Å². The van der Waals surface area contributed by atoms with E-state index < -0.39 is 0 Å². The average molecular weight is 281 g/mol. The van der Waals surface area contributed by atoms with E-state index in [1.54, 1.807) is 24.3 Å². The van der Waals surface area contributed by atoms with Gasteiger partial charge in [0.25, 0.3) is 5.91 Å². The van der Waals surface area contributed by atoms with Crippen molar-refractivity contribution in [3.63, 3.8) is 0 Å². The third kappa shape index (κ3) is 3.11. The van der Waals surface area contributed by atoms with Crippen molar-refractivity contribution < 1.29 is 4.79 Å². The Bertz CT molecular complexity index is 528. The van der Waals surface area contributed by atoms with Crippen molar-refractivity contribution in [2.45, 2.75) is 19.8 Å². The summed E-state index contributed by atoms with van der Waals surface area (Å²) in [4.78, 5) is 15.8. The van der Waals surface area contributed by atoms with Crippen LogP contribution in [0.25, 0.3) is 0 Å².